The number of rotatable bonds is 5. The van der Waals surface area contributed by atoms with Crippen molar-refractivity contribution in [2.75, 3.05) is 11.1 Å². The van der Waals surface area contributed by atoms with E-state index in [9.17, 15) is 9.59 Å². The zero-order valence-corrected chi connectivity index (χ0v) is 11.2. The van der Waals surface area contributed by atoms with Crippen molar-refractivity contribution in [2.24, 2.45) is 5.92 Å². The van der Waals surface area contributed by atoms with Crippen LogP contribution in [0, 0.1) is 5.92 Å². The minimum absolute atomic E-state index is 0.00145. The van der Waals surface area contributed by atoms with E-state index in [2.05, 4.69) is 15.5 Å². The molecular weight excluding hydrogens is 274 g/mol. The Morgan fingerprint density at radius 2 is 2.11 bits per heavy atom. The summed E-state index contributed by atoms with van der Waals surface area (Å²) in [6, 6.07) is 0. The molecule has 6 nitrogen and oxygen atoms in total. The van der Waals surface area contributed by atoms with Crippen molar-refractivity contribution in [1.82, 2.24) is 10.2 Å². The summed E-state index contributed by atoms with van der Waals surface area (Å²) in [4.78, 5) is 22.2. The zero-order valence-electron chi connectivity index (χ0n) is 9.59. The molecule has 0 aliphatic heterocycles. The zero-order chi connectivity index (χ0) is 13.0. The minimum atomic E-state index is -0.897. The first-order valence-corrected chi connectivity index (χ1v) is 7.44. The lowest BCUT2D eigenvalue weighted by molar-refractivity contribution is -0.133. The van der Waals surface area contributed by atoms with Crippen LogP contribution in [0.25, 0.3) is 0 Å². The average molecular weight is 287 g/mol. The second-order valence-electron chi connectivity index (χ2n) is 4.03. The average Bonchev–Trinajstić information content (AvgIpc) is 2.97. The summed E-state index contributed by atoms with van der Waals surface area (Å²) in [6.07, 6.45) is 4.08. The molecule has 0 spiro atoms. The first-order valence-electron chi connectivity index (χ1n) is 5.64. The van der Waals surface area contributed by atoms with Gasteiger partial charge in [0, 0.05) is 5.92 Å². The van der Waals surface area contributed by atoms with Gasteiger partial charge in [-0.3, -0.25) is 9.59 Å². The highest BCUT2D eigenvalue weighted by Crippen LogP contribution is 2.28. The van der Waals surface area contributed by atoms with Crippen molar-refractivity contribution in [2.45, 2.75) is 30.0 Å². The molecule has 2 N–H and O–H groups in total. The number of carbonyl (C=O) groups is 2. The van der Waals surface area contributed by atoms with E-state index in [1.165, 1.54) is 11.3 Å². The Morgan fingerprint density at radius 1 is 1.39 bits per heavy atom. The van der Waals surface area contributed by atoms with Gasteiger partial charge in [0.05, 0.1) is 5.75 Å². The monoisotopic (exact) mass is 287 g/mol. The van der Waals surface area contributed by atoms with Crippen LogP contribution in [0.2, 0.25) is 0 Å². The summed E-state index contributed by atoms with van der Waals surface area (Å²) in [5, 5.41) is 19.4. The predicted octanol–water partition coefficient (Wildman–Crippen LogP) is 1.84. The van der Waals surface area contributed by atoms with Crippen molar-refractivity contribution in [3.8, 4) is 0 Å². The Morgan fingerprint density at radius 3 is 2.78 bits per heavy atom. The molecule has 0 saturated heterocycles. The third kappa shape index (κ3) is 3.67. The fourth-order valence-corrected chi connectivity index (χ4v) is 3.31. The molecule has 0 aromatic carbocycles. The van der Waals surface area contributed by atoms with E-state index in [1.807, 2.05) is 0 Å². The van der Waals surface area contributed by atoms with E-state index in [1.54, 1.807) is 0 Å². The number of carboxylic acids is 1. The molecule has 1 heterocycles. The molecular formula is C10H13N3O3S2. The first kappa shape index (κ1) is 13.3. The summed E-state index contributed by atoms with van der Waals surface area (Å²) in [7, 11) is 0. The fraction of sp³-hybridized carbons (Fsp3) is 0.600. The molecule has 1 amide bonds. The van der Waals surface area contributed by atoms with Gasteiger partial charge in [-0.1, -0.05) is 35.9 Å². The number of aromatic nitrogens is 2. The van der Waals surface area contributed by atoms with Crippen molar-refractivity contribution in [3.63, 3.8) is 0 Å². The molecule has 1 aliphatic rings. The Hall–Kier alpha value is -1.15. The summed E-state index contributed by atoms with van der Waals surface area (Å²) in [5.41, 5.74) is 0. The summed E-state index contributed by atoms with van der Waals surface area (Å²) >= 11 is 2.31. The van der Waals surface area contributed by atoms with Gasteiger partial charge in [0.15, 0.2) is 4.34 Å². The lowest BCUT2D eigenvalue weighted by Crippen LogP contribution is -2.20. The van der Waals surface area contributed by atoms with Gasteiger partial charge in [-0.05, 0) is 12.8 Å². The van der Waals surface area contributed by atoms with E-state index in [-0.39, 0.29) is 17.6 Å². The second-order valence-corrected chi connectivity index (χ2v) is 6.23. The molecule has 18 heavy (non-hydrogen) atoms. The SMILES string of the molecule is O=C(O)CSc1nnc(NC(=O)C2CCCC2)s1. The van der Waals surface area contributed by atoms with Crippen LogP contribution in [-0.4, -0.2) is 32.9 Å². The van der Waals surface area contributed by atoms with Gasteiger partial charge in [0.25, 0.3) is 0 Å². The number of thioether (sulfide) groups is 1. The number of nitrogens with one attached hydrogen (secondary N) is 1. The number of hydrogen-bond donors (Lipinski definition) is 2. The smallest absolute Gasteiger partial charge is 0.313 e. The number of anilines is 1. The van der Waals surface area contributed by atoms with E-state index >= 15 is 0 Å². The van der Waals surface area contributed by atoms with Gasteiger partial charge in [-0.25, -0.2) is 0 Å². The topological polar surface area (TPSA) is 92.2 Å². The van der Waals surface area contributed by atoms with Crippen molar-refractivity contribution in [3.05, 3.63) is 0 Å². The Labute approximate surface area is 112 Å². The van der Waals surface area contributed by atoms with Gasteiger partial charge in [-0.2, -0.15) is 0 Å². The maximum absolute atomic E-state index is 11.8. The number of amides is 1. The van der Waals surface area contributed by atoms with Crippen LogP contribution in [0.5, 0.6) is 0 Å². The first-order chi connectivity index (χ1) is 8.65. The highest BCUT2D eigenvalue weighted by molar-refractivity contribution is 8.01. The molecule has 2 rings (SSSR count). The summed E-state index contributed by atoms with van der Waals surface area (Å²) in [5.74, 6) is -0.861. The highest BCUT2D eigenvalue weighted by atomic mass is 32.2. The molecule has 0 bridgehead atoms. The number of carboxylic acid groups (broad SMARTS) is 1. The third-order valence-corrected chi connectivity index (χ3v) is 4.64. The largest absolute Gasteiger partial charge is 0.481 e. The summed E-state index contributed by atoms with van der Waals surface area (Å²) in [6.45, 7) is 0. The predicted molar refractivity (Wildman–Crippen MR) is 68.9 cm³/mol. The molecule has 1 aliphatic carbocycles. The summed E-state index contributed by atoms with van der Waals surface area (Å²) < 4.78 is 0.555. The molecule has 0 radical (unpaired) electrons. The van der Waals surface area contributed by atoms with Gasteiger partial charge >= 0.3 is 5.97 Å². The Bertz CT molecular complexity index is 443. The maximum atomic E-state index is 11.8. The Kier molecular flexibility index (Phi) is 4.54. The van der Waals surface area contributed by atoms with Gasteiger partial charge in [-0.15, -0.1) is 10.2 Å². The maximum Gasteiger partial charge on any atom is 0.313 e. The van der Waals surface area contributed by atoms with Crippen LogP contribution in [-0.2, 0) is 9.59 Å². The van der Waals surface area contributed by atoms with Crippen molar-refractivity contribution >= 4 is 40.1 Å². The molecule has 1 aromatic rings. The van der Waals surface area contributed by atoms with Gasteiger partial charge in [0.1, 0.15) is 0 Å². The number of nitrogens with zero attached hydrogens (tertiary/aromatic N) is 2. The quantitative estimate of drug-likeness (QED) is 0.634. The van der Waals surface area contributed by atoms with E-state index in [0.717, 1.165) is 37.4 Å². The molecule has 8 heteroatoms. The number of hydrogen-bond acceptors (Lipinski definition) is 6. The molecule has 1 fully saturated rings. The van der Waals surface area contributed by atoms with Gasteiger partial charge in [0.2, 0.25) is 11.0 Å². The van der Waals surface area contributed by atoms with Crippen LogP contribution in [0.4, 0.5) is 5.13 Å². The van der Waals surface area contributed by atoms with Crippen LogP contribution in [0.1, 0.15) is 25.7 Å². The molecule has 98 valence electrons. The molecule has 0 unspecified atom stereocenters. The van der Waals surface area contributed by atoms with Crippen LogP contribution in [0.3, 0.4) is 0 Å². The third-order valence-electron chi connectivity index (χ3n) is 2.68. The normalized spacial score (nSPS) is 15.8. The highest BCUT2D eigenvalue weighted by Gasteiger charge is 2.23. The number of aliphatic carboxylic acids is 1. The van der Waals surface area contributed by atoms with Crippen molar-refractivity contribution < 1.29 is 14.7 Å². The second kappa shape index (κ2) is 6.14. The minimum Gasteiger partial charge on any atom is -0.481 e. The lowest BCUT2D eigenvalue weighted by Gasteiger charge is -2.06. The Balaban J connectivity index is 1.85. The van der Waals surface area contributed by atoms with Crippen LogP contribution < -0.4 is 5.32 Å². The lowest BCUT2D eigenvalue weighted by atomic mass is 10.1. The van der Waals surface area contributed by atoms with Crippen molar-refractivity contribution in [1.29, 1.82) is 0 Å². The van der Waals surface area contributed by atoms with Crippen LogP contribution >= 0.6 is 23.1 Å². The standard InChI is InChI=1S/C10H13N3O3S2/c14-7(15)5-17-10-13-12-9(18-10)11-8(16)6-3-1-2-4-6/h6H,1-5H2,(H,14,15)(H,11,12,16). The molecule has 0 atom stereocenters. The fourth-order valence-electron chi connectivity index (χ4n) is 1.84. The number of carbonyl (C=O) groups excluding carboxylic acids is 1. The molecule has 1 saturated carbocycles. The van der Waals surface area contributed by atoms with E-state index in [4.69, 9.17) is 5.11 Å². The van der Waals surface area contributed by atoms with E-state index < -0.39 is 5.97 Å². The van der Waals surface area contributed by atoms with Crippen LogP contribution in [0.15, 0.2) is 4.34 Å². The molecule has 1 aromatic heterocycles. The van der Waals surface area contributed by atoms with E-state index in [0.29, 0.717) is 9.47 Å². The van der Waals surface area contributed by atoms with Gasteiger partial charge < -0.3 is 10.4 Å².